The van der Waals surface area contributed by atoms with Gasteiger partial charge in [-0.1, -0.05) is 44.0 Å². The Morgan fingerprint density at radius 1 is 1.11 bits per heavy atom. The predicted octanol–water partition coefficient (Wildman–Crippen LogP) is 4.77. The zero-order valence-electron chi connectivity index (χ0n) is 10.5. The Labute approximate surface area is 129 Å². The first-order valence-electron chi connectivity index (χ1n) is 5.87. The molecule has 19 heavy (non-hydrogen) atoms. The highest BCUT2D eigenvalue weighted by Crippen LogP contribution is 2.28. The van der Waals surface area contributed by atoms with E-state index in [1.807, 2.05) is 31.2 Å². The van der Waals surface area contributed by atoms with Crippen LogP contribution in [0.1, 0.15) is 18.1 Å². The van der Waals surface area contributed by atoms with Gasteiger partial charge >= 0.3 is 0 Å². The third kappa shape index (κ3) is 3.65. The molecular formula is C15H14Br2FN. The number of rotatable bonds is 3. The highest BCUT2D eigenvalue weighted by Gasteiger charge is 2.23. The molecule has 2 N–H and O–H groups in total. The van der Waals surface area contributed by atoms with Crippen LogP contribution in [0.3, 0.4) is 0 Å². The van der Waals surface area contributed by atoms with E-state index in [2.05, 4.69) is 31.9 Å². The van der Waals surface area contributed by atoms with Gasteiger partial charge in [0.25, 0.3) is 0 Å². The van der Waals surface area contributed by atoms with Crippen LogP contribution in [-0.4, -0.2) is 0 Å². The van der Waals surface area contributed by atoms with E-state index in [-0.39, 0.29) is 5.82 Å². The second-order valence-corrected chi connectivity index (χ2v) is 6.61. The minimum absolute atomic E-state index is 0.246. The summed E-state index contributed by atoms with van der Waals surface area (Å²) in [5.74, 6) is -0.246. The number of hydrogen-bond donors (Lipinski definition) is 1. The van der Waals surface area contributed by atoms with Crippen molar-refractivity contribution in [1.29, 1.82) is 0 Å². The molecule has 0 heterocycles. The van der Waals surface area contributed by atoms with Gasteiger partial charge in [-0.25, -0.2) is 4.39 Å². The lowest BCUT2D eigenvalue weighted by Gasteiger charge is -2.26. The van der Waals surface area contributed by atoms with Crippen molar-refractivity contribution in [2.75, 3.05) is 0 Å². The van der Waals surface area contributed by atoms with Crippen LogP contribution in [-0.2, 0) is 12.0 Å². The highest BCUT2D eigenvalue weighted by atomic mass is 79.9. The van der Waals surface area contributed by atoms with Crippen molar-refractivity contribution in [3.05, 3.63) is 68.4 Å². The fraction of sp³-hybridized carbons (Fsp3) is 0.200. The molecule has 100 valence electrons. The molecule has 0 aliphatic carbocycles. The van der Waals surface area contributed by atoms with E-state index in [9.17, 15) is 4.39 Å². The van der Waals surface area contributed by atoms with Crippen molar-refractivity contribution in [3.8, 4) is 0 Å². The summed E-state index contributed by atoms with van der Waals surface area (Å²) >= 11 is 6.84. The highest BCUT2D eigenvalue weighted by molar-refractivity contribution is 9.10. The SMILES string of the molecule is CC(N)(Cc1cc(F)ccc1Br)c1ccc(Br)cc1. The van der Waals surface area contributed by atoms with Gasteiger partial charge in [-0.05, 0) is 54.8 Å². The Balaban J connectivity index is 2.30. The summed E-state index contributed by atoms with van der Waals surface area (Å²) in [5.41, 5.74) is 7.72. The first-order valence-corrected chi connectivity index (χ1v) is 7.46. The molecule has 0 aliphatic rings. The molecule has 0 aromatic heterocycles. The maximum atomic E-state index is 13.3. The molecule has 0 amide bonds. The van der Waals surface area contributed by atoms with Crippen molar-refractivity contribution in [2.24, 2.45) is 5.73 Å². The molecule has 1 atom stereocenters. The Kier molecular flexibility index (Phi) is 4.43. The quantitative estimate of drug-likeness (QED) is 0.807. The molecule has 0 bridgehead atoms. The molecule has 2 aromatic carbocycles. The standard InChI is InChI=1S/C15H14Br2FN/c1-15(19,11-2-4-12(16)5-3-11)9-10-8-13(18)6-7-14(10)17/h2-8H,9,19H2,1H3. The molecule has 0 saturated heterocycles. The first kappa shape index (κ1) is 14.7. The maximum absolute atomic E-state index is 13.3. The van der Waals surface area contributed by atoms with Gasteiger partial charge in [-0.3, -0.25) is 0 Å². The normalized spacial score (nSPS) is 14.2. The molecule has 1 nitrogen and oxygen atoms in total. The molecule has 0 radical (unpaired) electrons. The van der Waals surface area contributed by atoms with Crippen molar-refractivity contribution in [3.63, 3.8) is 0 Å². The molecule has 0 spiro atoms. The van der Waals surface area contributed by atoms with Crippen LogP contribution in [0, 0.1) is 5.82 Å². The molecule has 4 heteroatoms. The largest absolute Gasteiger partial charge is 0.321 e. The lowest BCUT2D eigenvalue weighted by atomic mass is 9.87. The lowest BCUT2D eigenvalue weighted by Crippen LogP contribution is -2.35. The summed E-state index contributed by atoms with van der Waals surface area (Å²) in [6.07, 6.45) is 0.562. The zero-order chi connectivity index (χ0) is 14.0. The number of hydrogen-bond acceptors (Lipinski definition) is 1. The molecule has 2 rings (SSSR count). The van der Waals surface area contributed by atoms with E-state index >= 15 is 0 Å². The van der Waals surface area contributed by atoms with E-state index in [0.29, 0.717) is 6.42 Å². The van der Waals surface area contributed by atoms with Gasteiger partial charge in [-0.2, -0.15) is 0 Å². The molecule has 0 aliphatic heterocycles. The van der Waals surface area contributed by atoms with Gasteiger partial charge in [-0.15, -0.1) is 0 Å². The first-order chi connectivity index (χ1) is 8.88. The monoisotopic (exact) mass is 385 g/mol. The number of benzene rings is 2. The van der Waals surface area contributed by atoms with Gasteiger partial charge in [0.15, 0.2) is 0 Å². The zero-order valence-corrected chi connectivity index (χ0v) is 13.6. The van der Waals surface area contributed by atoms with Crippen LogP contribution in [0.5, 0.6) is 0 Å². The van der Waals surface area contributed by atoms with Crippen LogP contribution in [0.15, 0.2) is 51.4 Å². The second kappa shape index (κ2) is 5.73. The fourth-order valence-corrected chi connectivity index (χ4v) is 2.66. The van der Waals surface area contributed by atoms with E-state index in [4.69, 9.17) is 5.73 Å². The van der Waals surface area contributed by atoms with Gasteiger partial charge in [0, 0.05) is 14.5 Å². The van der Waals surface area contributed by atoms with Gasteiger partial charge in [0.2, 0.25) is 0 Å². The van der Waals surface area contributed by atoms with E-state index in [0.717, 1.165) is 20.1 Å². The fourth-order valence-electron chi connectivity index (χ4n) is 2.01. The number of nitrogens with two attached hydrogens (primary N) is 1. The Hall–Kier alpha value is -0.710. The van der Waals surface area contributed by atoms with Crippen molar-refractivity contribution in [2.45, 2.75) is 18.9 Å². The summed E-state index contributed by atoms with van der Waals surface area (Å²) in [7, 11) is 0. The van der Waals surface area contributed by atoms with Crippen LogP contribution < -0.4 is 5.73 Å². The summed E-state index contributed by atoms with van der Waals surface area (Å²) in [6.45, 7) is 1.95. The predicted molar refractivity (Wildman–Crippen MR) is 83.5 cm³/mol. The van der Waals surface area contributed by atoms with Crippen molar-refractivity contribution in [1.82, 2.24) is 0 Å². The molecular weight excluding hydrogens is 373 g/mol. The minimum atomic E-state index is -0.545. The summed E-state index contributed by atoms with van der Waals surface area (Å²) in [5, 5.41) is 0. The Morgan fingerprint density at radius 2 is 1.74 bits per heavy atom. The Morgan fingerprint density at radius 3 is 2.37 bits per heavy atom. The van der Waals surface area contributed by atoms with Crippen molar-refractivity contribution >= 4 is 31.9 Å². The molecule has 2 aromatic rings. The second-order valence-electron chi connectivity index (χ2n) is 4.84. The molecule has 0 fully saturated rings. The summed E-state index contributed by atoms with van der Waals surface area (Å²) in [4.78, 5) is 0. The van der Waals surface area contributed by atoms with Crippen LogP contribution in [0.4, 0.5) is 4.39 Å². The summed E-state index contributed by atoms with van der Waals surface area (Å²) in [6, 6.07) is 12.5. The van der Waals surface area contributed by atoms with Gasteiger partial charge in [0.1, 0.15) is 5.82 Å². The number of halogens is 3. The third-order valence-corrected chi connectivity index (χ3v) is 4.37. The van der Waals surface area contributed by atoms with E-state index in [1.165, 1.54) is 12.1 Å². The third-order valence-electron chi connectivity index (χ3n) is 3.07. The minimum Gasteiger partial charge on any atom is -0.321 e. The van der Waals surface area contributed by atoms with Crippen LogP contribution >= 0.6 is 31.9 Å². The smallest absolute Gasteiger partial charge is 0.123 e. The van der Waals surface area contributed by atoms with E-state index < -0.39 is 5.54 Å². The lowest BCUT2D eigenvalue weighted by molar-refractivity contribution is 0.488. The molecule has 0 saturated carbocycles. The topological polar surface area (TPSA) is 26.0 Å². The van der Waals surface area contributed by atoms with Crippen LogP contribution in [0.2, 0.25) is 0 Å². The average Bonchev–Trinajstić information content (AvgIpc) is 2.34. The maximum Gasteiger partial charge on any atom is 0.123 e. The average molecular weight is 387 g/mol. The van der Waals surface area contributed by atoms with Gasteiger partial charge in [0.05, 0.1) is 0 Å². The van der Waals surface area contributed by atoms with Crippen LogP contribution in [0.25, 0.3) is 0 Å². The van der Waals surface area contributed by atoms with E-state index in [1.54, 1.807) is 6.07 Å². The van der Waals surface area contributed by atoms with Gasteiger partial charge < -0.3 is 5.73 Å². The van der Waals surface area contributed by atoms with Crippen molar-refractivity contribution < 1.29 is 4.39 Å². The summed E-state index contributed by atoms with van der Waals surface area (Å²) < 4.78 is 15.2. The molecule has 1 unspecified atom stereocenters. The Bertz CT molecular complexity index is 579.